The summed E-state index contributed by atoms with van der Waals surface area (Å²) in [4.78, 5) is 24.9. The number of aliphatic hydroxyl groups is 12. The van der Waals surface area contributed by atoms with Gasteiger partial charge in [-0.05, 0) is 27.7 Å². The molecule has 22 saturated heterocycles. The third-order valence-corrected chi connectivity index (χ3v) is 12.4. The topological polar surface area (TPSA) is 428 Å². The molecule has 22 heterocycles. The van der Waals surface area contributed by atoms with E-state index < -0.39 is 196 Å². The van der Waals surface area contributed by atoms with Crippen molar-refractivity contribution in [3.8, 4) is 0 Å². The largest absolute Gasteiger partial charge is 0.479 e. The predicted octanol–water partition coefficient (Wildman–Crippen LogP) is -8.76. The van der Waals surface area contributed by atoms with E-state index in [0.717, 1.165) is 0 Å². The quantitative estimate of drug-likeness (QED) is 0.122. The van der Waals surface area contributed by atoms with Crippen LogP contribution in [0.25, 0.3) is 0 Å². The first-order chi connectivity index (χ1) is 30.0. The van der Waals surface area contributed by atoms with E-state index in [0.29, 0.717) is 0 Å². The van der Waals surface area contributed by atoms with Crippen LogP contribution in [0, 0.1) is 0 Å². The Labute approximate surface area is 361 Å². The van der Waals surface area contributed by atoms with Crippen LogP contribution in [0.15, 0.2) is 0 Å². The summed E-state index contributed by atoms with van der Waals surface area (Å²) < 4.78 is 67.8. The Balaban J connectivity index is 1.17. The van der Waals surface area contributed by atoms with Crippen LogP contribution in [-0.2, 0) is 66.4 Å². The molecule has 0 aromatic carbocycles. The van der Waals surface area contributed by atoms with Gasteiger partial charge in [0.2, 0.25) is 0 Å². The summed E-state index contributed by atoms with van der Waals surface area (Å²) in [6.07, 6.45) is -56.6. The van der Waals surface area contributed by atoms with Crippen LogP contribution in [0.2, 0.25) is 0 Å². The molecule has 30 atom stereocenters. The molecule has 0 saturated carbocycles. The second-order valence-corrected chi connectivity index (χ2v) is 16.9. The van der Waals surface area contributed by atoms with Crippen molar-refractivity contribution >= 4 is 11.9 Å². The average molecular weight is 937 g/mol. The van der Waals surface area contributed by atoms with Gasteiger partial charge < -0.3 is 128 Å². The molecule has 64 heavy (non-hydrogen) atoms. The monoisotopic (exact) mass is 936 g/mol. The molecule has 22 rings (SSSR count). The smallest absolute Gasteiger partial charge is 0.335 e. The van der Waals surface area contributed by atoms with Crippen LogP contribution < -0.4 is 0 Å². The Morgan fingerprint density at radius 2 is 0.438 bits per heavy atom. The second kappa shape index (κ2) is 19.5. The highest BCUT2D eigenvalue weighted by Gasteiger charge is 2.59. The van der Waals surface area contributed by atoms with Crippen molar-refractivity contribution in [2.75, 3.05) is 0 Å². The van der Waals surface area contributed by atoms with Crippen molar-refractivity contribution in [1.82, 2.24) is 0 Å². The van der Waals surface area contributed by atoms with Crippen molar-refractivity contribution in [3.05, 3.63) is 0 Å². The molecule has 0 amide bonds. The van der Waals surface area contributed by atoms with Crippen molar-refractivity contribution in [1.29, 1.82) is 0 Å². The summed E-state index contributed by atoms with van der Waals surface area (Å²) in [5.41, 5.74) is 0. The molecule has 12 bridgehead atoms. The highest BCUT2D eigenvalue weighted by molar-refractivity contribution is 5.74. The first-order valence-electron chi connectivity index (χ1n) is 20.5. The molecule has 28 heteroatoms. The van der Waals surface area contributed by atoms with E-state index >= 15 is 0 Å². The molecule has 22 aliphatic heterocycles. The molecule has 22 aliphatic rings. The maximum Gasteiger partial charge on any atom is 0.335 e. The molecule has 368 valence electrons. The molecule has 0 radical (unpaired) electrons. The van der Waals surface area contributed by atoms with E-state index in [1.807, 2.05) is 0 Å². The highest BCUT2D eigenvalue weighted by Crippen LogP contribution is 2.38. The van der Waals surface area contributed by atoms with Gasteiger partial charge in [-0.1, -0.05) is 0 Å². The zero-order valence-corrected chi connectivity index (χ0v) is 34.3. The minimum absolute atomic E-state index is 1.30. The van der Waals surface area contributed by atoms with Crippen LogP contribution in [0.1, 0.15) is 27.7 Å². The van der Waals surface area contributed by atoms with Crippen LogP contribution >= 0.6 is 0 Å². The fourth-order valence-corrected chi connectivity index (χ4v) is 8.75. The van der Waals surface area contributed by atoms with Crippen LogP contribution in [0.4, 0.5) is 0 Å². The van der Waals surface area contributed by atoms with Crippen molar-refractivity contribution in [2.45, 2.75) is 212 Å². The molecule has 14 N–H and O–H groups in total. The molecule has 0 unspecified atom stereocenters. The fraction of sp³-hybridized carbons (Fsp3) is 0.944. The van der Waals surface area contributed by atoms with Crippen molar-refractivity contribution in [2.24, 2.45) is 0 Å². The molecule has 28 nitrogen and oxygen atoms in total. The molecule has 0 aliphatic carbocycles. The van der Waals surface area contributed by atoms with Crippen LogP contribution in [0.3, 0.4) is 0 Å². The fourth-order valence-electron chi connectivity index (χ4n) is 8.75. The second-order valence-electron chi connectivity index (χ2n) is 16.9. The van der Waals surface area contributed by atoms with Gasteiger partial charge in [0.1, 0.15) is 110 Å². The van der Waals surface area contributed by atoms with Gasteiger partial charge in [0.05, 0.1) is 24.4 Å². The first kappa shape index (κ1) is 49.9. The number of hydrogen-bond donors (Lipinski definition) is 14. The lowest BCUT2D eigenvalue weighted by Crippen LogP contribution is -2.68. The highest BCUT2D eigenvalue weighted by atomic mass is 16.8. The van der Waals surface area contributed by atoms with Crippen LogP contribution in [0.5, 0.6) is 0 Å². The lowest BCUT2D eigenvalue weighted by molar-refractivity contribution is -0.396. The summed E-state index contributed by atoms with van der Waals surface area (Å²) >= 11 is 0. The summed E-state index contributed by atoms with van der Waals surface area (Å²) in [7, 11) is 0. The van der Waals surface area contributed by atoms with Gasteiger partial charge in [-0.3, -0.25) is 0 Å². The number of carbonyl (C=O) groups is 2. The Kier molecular flexibility index (Phi) is 15.2. The van der Waals surface area contributed by atoms with Gasteiger partial charge in [-0.2, -0.15) is 0 Å². The predicted molar refractivity (Wildman–Crippen MR) is 191 cm³/mol. The van der Waals surface area contributed by atoms with Crippen molar-refractivity contribution in [3.63, 3.8) is 0 Å². The van der Waals surface area contributed by atoms with E-state index in [1.165, 1.54) is 27.7 Å². The van der Waals surface area contributed by atoms with Gasteiger partial charge in [-0.15, -0.1) is 0 Å². The molecule has 0 aromatic rings. The molecular weight excluding hydrogens is 880 g/mol. The normalized spacial score (nSPS) is 56.6. The Hall–Kier alpha value is -2.02. The summed E-state index contributed by atoms with van der Waals surface area (Å²) in [6, 6.07) is 0. The van der Waals surface area contributed by atoms with E-state index in [-0.39, 0.29) is 0 Å². The number of carboxylic acids is 2. The zero-order valence-electron chi connectivity index (χ0n) is 34.3. The Morgan fingerprint density at radius 3 is 0.641 bits per heavy atom. The van der Waals surface area contributed by atoms with E-state index in [1.54, 1.807) is 0 Å². The molecule has 0 spiro atoms. The van der Waals surface area contributed by atoms with E-state index in [2.05, 4.69) is 0 Å². The van der Waals surface area contributed by atoms with E-state index in [4.69, 9.17) is 56.8 Å². The van der Waals surface area contributed by atoms with Crippen molar-refractivity contribution < 1.29 is 138 Å². The average Bonchev–Trinajstić information content (AvgIpc) is 3.23. The number of rotatable bonds is 2. The van der Waals surface area contributed by atoms with Gasteiger partial charge in [0.15, 0.2) is 49.9 Å². The number of hydrogen-bond acceptors (Lipinski definition) is 26. The minimum atomic E-state index is -2.19. The summed E-state index contributed by atoms with van der Waals surface area (Å²) in [5, 5.41) is 154. The number of carboxylic acid groups (broad SMARTS) is 2. The lowest BCUT2D eigenvalue weighted by Gasteiger charge is -2.50. The first-order valence-corrected chi connectivity index (χ1v) is 20.5. The minimum Gasteiger partial charge on any atom is -0.479 e. The van der Waals surface area contributed by atoms with Gasteiger partial charge in [-0.25, -0.2) is 9.59 Å². The van der Waals surface area contributed by atoms with Crippen LogP contribution in [-0.4, -0.2) is 268 Å². The number of ether oxygens (including phenoxy) is 12. The third-order valence-electron chi connectivity index (χ3n) is 12.4. The Morgan fingerprint density at radius 1 is 0.266 bits per heavy atom. The SMILES string of the molecule is C[C@@H]1O[C@H]2O[C@@H]3[C@@H](O)[C@@H](O)[C@H](O[C@@H]4[C@@H](O)[C@@H](O)[C@H](O[C@@H]5[C@@H](O)[C@@H](O)[C@H](O[C@@H]6[C@@H](O)[C@@H](O)[C@H](O[C@@H]7[C@@H](O)[C@@H](O)[C@H](O[C@@H]1[C@@H](O)[C@H]2O)O[C@H]7C)O[C@H]6C(=O)O)O[C@H]5C)O[C@H]4C)O[C@H]3C(=O)O. The van der Waals surface area contributed by atoms with E-state index in [9.17, 15) is 81.1 Å². The molecule has 22 fully saturated rings. The maximum absolute atomic E-state index is 12.5. The number of aliphatic carboxylic acids is 2. The maximum atomic E-state index is 12.5. The standard InChI is InChI=1S/C36H56O28/c1-5-21-11(39)17(45)33(55-5)61-25-13(41)19(47)35(63-27(25)29(49)50)60-24-8(4)54-32(16(44)10(24)38)58-22-6(2)56-34(18(46)12(22)40)62-26-14(42)20(48)36(64-28(26)30(51)52)59-23-7(3)53-31(57-21)15(43)9(23)37/h5-28,31-48H,1-4H3,(H,49,50)(H,51,52)/t5-,6-,7-,8-,9-,10-,11-,12-,13-,14-,15+,16+,17+,18+,19+,20+,21-,22-,23-,24-,25+,26+,27+,28+,31-,32-,33-,34-,35+,36+/m0/s1. The zero-order chi connectivity index (χ0) is 47.0. The number of aliphatic hydroxyl groups excluding tert-OH is 12. The Bertz CT molecular complexity index is 1500. The lowest BCUT2D eigenvalue weighted by atomic mass is 9.95. The van der Waals surface area contributed by atoms with Gasteiger partial charge in [0, 0.05) is 0 Å². The van der Waals surface area contributed by atoms with Gasteiger partial charge in [0.25, 0.3) is 0 Å². The molecular formula is C36H56O28. The summed E-state index contributed by atoms with van der Waals surface area (Å²) in [6.45, 7) is 5.20. The molecule has 0 aromatic heterocycles. The summed E-state index contributed by atoms with van der Waals surface area (Å²) in [5.74, 6) is -3.56. The third kappa shape index (κ3) is 9.28. The van der Waals surface area contributed by atoms with Gasteiger partial charge >= 0.3 is 11.9 Å².